The standard InChI is InChI=1S/C19H29N3O2/c20-10-13-22(18-6-7-18)14-16-8-11-21(12-9-16)19(23)24-15-17-4-2-1-3-5-17/h1-5,16,18H,6-15,20H2. The predicted octanol–water partition coefficient (Wildman–Crippen LogP) is 2.46. The van der Waals surface area contributed by atoms with E-state index in [1.54, 1.807) is 0 Å². The summed E-state index contributed by atoms with van der Waals surface area (Å²) in [6.45, 7) is 4.84. The maximum Gasteiger partial charge on any atom is 0.410 e. The number of nitrogens with zero attached hydrogens (tertiary/aromatic N) is 2. The molecule has 0 atom stereocenters. The highest BCUT2D eigenvalue weighted by atomic mass is 16.6. The Morgan fingerprint density at radius 3 is 2.50 bits per heavy atom. The number of carbonyl (C=O) groups is 1. The van der Waals surface area contributed by atoms with Crippen LogP contribution in [0.4, 0.5) is 4.79 Å². The van der Waals surface area contributed by atoms with Crippen LogP contribution in [-0.2, 0) is 11.3 Å². The lowest BCUT2D eigenvalue weighted by molar-refractivity contribution is 0.0768. The molecule has 1 aliphatic carbocycles. The third-order valence-corrected chi connectivity index (χ3v) is 5.05. The lowest BCUT2D eigenvalue weighted by Gasteiger charge is -2.34. The normalized spacial score (nSPS) is 18.8. The molecule has 0 unspecified atom stereocenters. The molecule has 1 heterocycles. The van der Waals surface area contributed by atoms with Gasteiger partial charge in [0.25, 0.3) is 0 Å². The first-order chi connectivity index (χ1) is 11.8. The van der Waals surface area contributed by atoms with Crippen LogP contribution in [-0.4, -0.2) is 54.7 Å². The molecule has 2 aliphatic rings. The fourth-order valence-electron chi connectivity index (χ4n) is 3.47. The number of hydrogen-bond acceptors (Lipinski definition) is 4. The zero-order valence-electron chi connectivity index (χ0n) is 14.4. The van der Waals surface area contributed by atoms with E-state index in [4.69, 9.17) is 10.5 Å². The molecule has 1 aliphatic heterocycles. The van der Waals surface area contributed by atoms with Gasteiger partial charge in [-0.3, -0.25) is 4.90 Å². The minimum atomic E-state index is -0.182. The highest BCUT2D eigenvalue weighted by molar-refractivity contribution is 5.67. The lowest BCUT2D eigenvalue weighted by Crippen LogP contribution is -2.43. The number of piperidine rings is 1. The van der Waals surface area contributed by atoms with Crippen molar-refractivity contribution in [3.05, 3.63) is 35.9 Å². The van der Waals surface area contributed by atoms with E-state index in [1.807, 2.05) is 35.2 Å². The summed E-state index contributed by atoms with van der Waals surface area (Å²) in [5.41, 5.74) is 6.76. The molecule has 3 rings (SSSR count). The maximum absolute atomic E-state index is 12.2. The zero-order valence-corrected chi connectivity index (χ0v) is 14.4. The van der Waals surface area contributed by atoms with Crippen LogP contribution in [0, 0.1) is 5.92 Å². The van der Waals surface area contributed by atoms with Crippen molar-refractivity contribution in [2.45, 2.75) is 38.3 Å². The average Bonchev–Trinajstić information content (AvgIpc) is 3.46. The minimum Gasteiger partial charge on any atom is -0.445 e. The summed E-state index contributed by atoms with van der Waals surface area (Å²) in [6.07, 6.45) is 4.59. The molecule has 5 nitrogen and oxygen atoms in total. The van der Waals surface area contributed by atoms with Gasteiger partial charge in [0.15, 0.2) is 0 Å². The largest absolute Gasteiger partial charge is 0.445 e. The number of hydrogen-bond donors (Lipinski definition) is 1. The lowest BCUT2D eigenvalue weighted by atomic mass is 9.96. The molecule has 0 bridgehead atoms. The summed E-state index contributed by atoms with van der Waals surface area (Å²) in [4.78, 5) is 16.6. The van der Waals surface area contributed by atoms with Crippen molar-refractivity contribution >= 4 is 6.09 Å². The summed E-state index contributed by atoms with van der Waals surface area (Å²) < 4.78 is 5.43. The third-order valence-electron chi connectivity index (χ3n) is 5.05. The molecular weight excluding hydrogens is 302 g/mol. The Hall–Kier alpha value is -1.59. The van der Waals surface area contributed by atoms with Gasteiger partial charge in [-0.05, 0) is 37.2 Å². The first-order valence-electron chi connectivity index (χ1n) is 9.16. The van der Waals surface area contributed by atoms with E-state index in [-0.39, 0.29) is 6.09 Å². The molecule has 5 heteroatoms. The summed E-state index contributed by atoms with van der Waals surface area (Å²) in [6, 6.07) is 10.6. The highest BCUT2D eigenvalue weighted by Gasteiger charge is 2.31. The van der Waals surface area contributed by atoms with Crippen molar-refractivity contribution in [2.75, 3.05) is 32.7 Å². The van der Waals surface area contributed by atoms with E-state index in [9.17, 15) is 4.79 Å². The van der Waals surface area contributed by atoms with Gasteiger partial charge >= 0.3 is 6.09 Å². The topological polar surface area (TPSA) is 58.8 Å². The second-order valence-electron chi connectivity index (χ2n) is 6.99. The maximum atomic E-state index is 12.2. The Labute approximate surface area is 144 Å². The van der Waals surface area contributed by atoms with Gasteiger partial charge in [0.2, 0.25) is 0 Å². The average molecular weight is 331 g/mol. The van der Waals surface area contributed by atoms with Gasteiger partial charge in [-0.15, -0.1) is 0 Å². The molecule has 132 valence electrons. The van der Waals surface area contributed by atoms with Crippen molar-refractivity contribution in [3.8, 4) is 0 Å². The molecule has 1 aromatic rings. The van der Waals surface area contributed by atoms with Crippen LogP contribution in [0.2, 0.25) is 0 Å². The van der Waals surface area contributed by atoms with Crippen molar-refractivity contribution in [1.82, 2.24) is 9.80 Å². The molecule has 0 radical (unpaired) electrons. The highest BCUT2D eigenvalue weighted by Crippen LogP contribution is 2.29. The van der Waals surface area contributed by atoms with E-state index < -0.39 is 0 Å². The molecule has 2 fully saturated rings. The van der Waals surface area contributed by atoms with Gasteiger partial charge in [0.1, 0.15) is 6.61 Å². The fourth-order valence-corrected chi connectivity index (χ4v) is 3.47. The van der Waals surface area contributed by atoms with Crippen LogP contribution in [0.1, 0.15) is 31.2 Å². The van der Waals surface area contributed by atoms with Gasteiger partial charge in [-0.2, -0.15) is 0 Å². The van der Waals surface area contributed by atoms with Gasteiger partial charge < -0.3 is 15.4 Å². The predicted molar refractivity (Wildman–Crippen MR) is 94.6 cm³/mol. The van der Waals surface area contributed by atoms with Crippen molar-refractivity contribution in [3.63, 3.8) is 0 Å². The summed E-state index contributed by atoms with van der Waals surface area (Å²) >= 11 is 0. The molecule has 0 spiro atoms. The quantitative estimate of drug-likeness (QED) is 0.834. The Kier molecular flexibility index (Phi) is 6.10. The van der Waals surface area contributed by atoms with Crippen LogP contribution in [0.5, 0.6) is 0 Å². The third kappa shape index (κ3) is 4.95. The first kappa shape index (κ1) is 17.2. The van der Waals surface area contributed by atoms with Crippen LogP contribution in [0.3, 0.4) is 0 Å². The number of likely N-dealkylation sites (tertiary alicyclic amines) is 1. The summed E-state index contributed by atoms with van der Waals surface area (Å²) in [5.74, 6) is 0.676. The van der Waals surface area contributed by atoms with Crippen LogP contribution >= 0.6 is 0 Å². The fraction of sp³-hybridized carbons (Fsp3) is 0.632. The van der Waals surface area contributed by atoms with Crippen molar-refractivity contribution in [2.24, 2.45) is 11.7 Å². The monoisotopic (exact) mass is 331 g/mol. The van der Waals surface area contributed by atoms with Gasteiger partial charge in [-0.25, -0.2) is 4.79 Å². The Morgan fingerprint density at radius 1 is 1.17 bits per heavy atom. The van der Waals surface area contributed by atoms with Gasteiger partial charge in [-0.1, -0.05) is 30.3 Å². The number of rotatable bonds is 7. The number of benzene rings is 1. The Bertz CT molecular complexity index is 511. The van der Waals surface area contributed by atoms with Crippen LogP contribution < -0.4 is 5.73 Å². The number of carbonyl (C=O) groups excluding carboxylic acids is 1. The van der Waals surface area contributed by atoms with E-state index in [1.165, 1.54) is 12.8 Å². The van der Waals surface area contributed by atoms with Crippen LogP contribution in [0.15, 0.2) is 30.3 Å². The van der Waals surface area contributed by atoms with E-state index in [2.05, 4.69) is 4.90 Å². The molecule has 1 amide bonds. The second kappa shape index (κ2) is 8.49. The smallest absolute Gasteiger partial charge is 0.410 e. The van der Waals surface area contributed by atoms with Crippen LogP contribution in [0.25, 0.3) is 0 Å². The molecule has 0 aromatic heterocycles. The van der Waals surface area contributed by atoms with Crippen molar-refractivity contribution < 1.29 is 9.53 Å². The van der Waals surface area contributed by atoms with Crippen molar-refractivity contribution in [1.29, 1.82) is 0 Å². The Morgan fingerprint density at radius 2 is 1.88 bits per heavy atom. The molecule has 1 aromatic carbocycles. The first-order valence-corrected chi connectivity index (χ1v) is 9.16. The molecule has 24 heavy (non-hydrogen) atoms. The molecular formula is C19H29N3O2. The Balaban J connectivity index is 1.38. The SMILES string of the molecule is NCCN(CC1CCN(C(=O)OCc2ccccc2)CC1)C1CC1. The van der Waals surface area contributed by atoms with Gasteiger partial charge in [0.05, 0.1) is 0 Å². The minimum absolute atomic E-state index is 0.182. The molecule has 1 saturated carbocycles. The summed E-state index contributed by atoms with van der Waals surface area (Å²) in [5, 5.41) is 0. The van der Waals surface area contributed by atoms with E-state index >= 15 is 0 Å². The summed E-state index contributed by atoms with van der Waals surface area (Å²) in [7, 11) is 0. The van der Waals surface area contributed by atoms with Gasteiger partial charge in [0, 0.05) is 38.8 Å². The number of nitrogens with two attached hydrogens (primary N) is 1. The van der Waals surface area contributed by atoms with E-state index in [0.29, 0.717) is 12.5 Å². The van der Waals surface area contributed by atoms with E-state index in [0.717, 1.165) is 57.2 Å². The number of ether oxygens (including phenoxy) is 1. The number of amides is 1. The molecule has 2 N–H and O–H groups in total. The molecule has 1 saturated heterocycles. The second-order valence-corrected chi connectivity index (χ2v) is 6.99. The zero-order chi connectivity index (χ0) is 16.8.